The molecule has 0 aliphatic heterocycles. The molecule has 1 N–H and O–H groups in total. The minimum absolute atomic E-state index is 0.547. The summed E-state index contributed by atoms with van der Waals surface area (Å²) in [4.78, 5) is 4.76. The standard InChI is InChI=1S/C16H22N2/c1-6-14-11(4)16(17-5)13-9-12(10(2)3)7-8-15(13)18-14/h7-10H,6H2,1-5H3,(H,17,18). The summed E-state index contributed by atoms with van der Waals surface area (Å²) in [6, 6.07) is 6.60. The topological polar surface area (TPSA) is 24.9 Å². The maximum Gasteiger partial charge on any atom is 0.0726 e. The Morgan fingerprint density at radius 2 is 2.00 bits per heavy atom. The predicted octanol–water partition coefficient (Wildman–Crippen LogP) is 4.27. The van der Waals surface area contributed by atoms with Gasteiger partial charge in [-0.05, 0) is 42.5 Å². The lowest BCUT2D eigenvalue weighted by atomic mass is 9.98. The normalized spacial score (nSPS) is 11.2. The molecule has 0 bridgehead atoms. The Hall–Kier alpha value is -1.57. The molecular weight excluding hydrogens is 220 g/mol. The third kappa shape index (κ3) is 2.07. The molecule has 0 fully saturated rings. The fraction of sp³-hybridized carbons (Fsp3) is 0.438. The fourth-order valence-corrected chi connectivity index (χ4v) is 2.45. The van der Waals surface area contributed by atoms with E-state index in [1.165, 1.54) is 27.9 Å². The number of benzene rings is 1. The Morgan fingerprint density at radius 1 is 1.28 bits per heavy atom. The number of aryl methyl sites for hydroxylation is 1. The summed E-state index contributed by atoms with van der Waals surface area (Å²) in [5.74, 6) is 0.547. The zero-order valence-electron chi connectivity index (χ0n) is 12.0. The summed E-state index contributed by atoms with van der Waals surface area (Å²) < 4.78 is 0. The lowest BCUT2D eigenvalue weighted by Gasteiger charge is -2.15. The predicted molar refractivity (Wildman–Crippen MR) is 79.5 cm³/mol. The first-order valence-electron chi connectivity index (χ1n) is 6.69. The zero-order chi connectivity index (χ0) is 13.3. The summed E-state index contributed by atoms with van der Waals surface area (Å²) in [5, 5.41) is 4.57. The van der Waals surface area contributed by atoms with E-state index < -0.39 is 0 Å². The Balaban J connectivity index is 2.77. The summed E-state index contributed by atoms with van der Waals surface area (Å²) in [5.41, 5.74) is 6.13. The van der Waals surface area contributed by atoms with Gasteiger partial charge in [0.2, 0.25) is 0 Å². The van der Waals surface area contributed by atoms with Crippen LogP contribution >= 0.6 is 0 Å². The molecule has 0 unspecified atom stereocenters. The van der Waals surface area contributed by atoms with Gasteiger partial charge in [-0.3, -0.25) is 4.98 Å². The summed E-state index contributed by atoms with van der Waals surface area (Å²) in [7, 11) is 1.99. The van der Waals surface area contributed by atoms with E-state index in [9.17, 15) is 0 Å². The van der Waals surface area contributed by atoms with Gasteiger partial charge in [-0.25, -0.2) is 0 Å². The van der Waals surface area contributed by atoms with Crippen molar-refractivity contribution in [2.24, 2.45) is 0 Å². The first kappa shape index (κ1) is 12.9. The zero-order valence-corrected chi connectivity index (χ0v) is 12.0. The first-order chi connectivity index (χ1) is 8.58. The number of rotatable bonds is 3. The monoisotopic (exact) mass is 242 g/mol. The SMILES string of the molecule is CCc1nc2ccc(C(C)C)cc2c(NC)c1C. The molecule has 1 aromatic heterocycles. The third-order valence-electron chi connectivity index (χ3n) is 3.60. The van der Waals surface area contributed by atoms with Crippen LogP contribution in [0.5, 0.6) is 0 Å². The van der Waals surface area contributed by atoms with Gasteiger partial charge < -0.3 is 5.32 Å². The van der Waals surface area contributed by atoms with Gasteiger partial charge in [0.1, 0.15) is 0 Å². The fourth-order valence-electron chi connectivity index (χ4n) is 2.45. The van der Waals surface area contributed by atoms with Gasteiger partial charge in [0.15, 0.2) is 0 Å². The molecule has 1 heterocycles. The summed E-state index contributed by atoms with van der Waals surface area (Å²) >= 11 is 0. The van der Waals surface area contributed by atoms with Gasteiger partial charge in [-0.1, -0.05) is 26.8 Å². The van der Waals surface area contributed by atoms with Gasteiger partial charge in [0.05, 0.1) is 5.52 Å². The van der Waals surface area contributed by atoms with Crippen LogP contribution in [0.4, 0.5) is 5.69 Å². The number of fused-ring (bicyclic) bond motifs is 1. The van der Waals surface area contributed by atoms with Crippen LogP contribution in [0.15, 0.2) is 18.2 Å². The maximum absolute atomic E-state index is 4.76. The van der Waals surface area contributed by atoms with Gasteiger partial charge >= 0.3 is 0 Å². The maximum atomic E-state index is 4.76. The molecule has 0 aliphatic carbocycles. The molecule has 2 rings (SSSR count). The minimum Gasteiger partial charge on any atom is -0.387 e. The first-order valence-corrected chi connectivity index (χ1v) is 6.69. The molecule has 18 heavy (non-hydrogen) atoms. The molecule has 0 radical (unpaired) electrons. The number of hydrogen-bond donors (Lipinski definition) is 1. The highest BCUT2D eigenvalue weighted by Gasteiger charge is 2.11. The second kappa shape index (κ2) is 4.97. The summed E-state index contributed by atoms with van der Waals surface area (Å²) in [6.45, 7) is 8.75. The number of nitrogens with one attached hydrogen (secondary N) is 1. The van der Waals surface area contributed by atoms with Crippen LogP contribution in [0.1, 0.15) is 43.5 Å². The van der Waals surface area contributed by atoms with Crippen LogP contribution in [-0.2, 0) is 6.42 Å². The molecule has 1 aromatic carbocycles. The van der Waals surface area contributed by atoms with Gasteiger partial charge in [0.25, 0.3) is 0 Å². The Labute approximate surface area is 109 Å². The highest BCUT2D eigenvalue weighted by Crippen LogP contribution is 2.30. The smallest absolute Gasteiger partial charge is 0.0726 e. The van der Waals surface area contributed by atoms with Crippen molar-refractivity contribution in [1.82, 2.24) is 4.98 Å². The molecule has 0 atom stereocenters. The van der Waals surface area contributed by atoms with Crippen LogP contribution in [0.2, 0.25) is 0 Å². The Bertz CT molecular complexity index is 571. The molecular formula is C16H22N2. The van der Waals surface area contributed by atoms with Crippen molar-refractivity contribution in [3.8, 4) is 0 Å². The van der Waals surface area contributed by atoms with Crippen molar-refractivity contribution in [3.63, 3.8) is 0 Å². The minimum atomic E-state index is 0.547. The van der Waals surface area contributed by atoms with Crippen molar-refractivity contribution in [2.45, 2.75) is 40.0 Å². The largest absolute Gasteiger partial charge is 0.387 e. The molecule has 2 nitrogen and oxygen atoms in total. The number of pyridine rings is 1. The average Bonchev–Trinajstić information content (AvgIpc) is 2.37. The van der Waals surface area contributed by atoms with Gasteiger partial charge in [-0.15, -0.1) is 0 Å². The molecule has 2 heteroatoms. The third-order valence-corrected chi connectivity index (χ3v) is 3.60. The second-order valence-corrected chi connectivity index (χ2v) is 5.09. The lowest BCUT2D eigenvalue weighted by Crippen LogP contribution is -2.01. The number of nitrogens with zero attached hydrogens (tertiary/aromatic N) is 1. The number of anilines is 1. The van der Waals surface area contributed by atoms with E-state index in [2.05, 4.69) is 51.2 Å². The molecule has 0 saturated heterocycles. The Kier molecular flexibility index (Phi) is 3.55. The van der Waals surface area contributed by atoms with E-state index >= 15 is 0 Å². The molecule has 96 valence electrons. The van der Waals surface area contributed by atoms with Crippen LogP contribution in [0.25, 0.3) is 10.9 Å². The highest BCUT2D eigenvalue weighted by atomic mass is 14.8. The van der Waals surface area contributed by atoms with Crippen molar-refractivity contribution >= 4 is 16.6 Å². The summed E-state index contributed by atoms with van der Waals surface area (Å²) in [6.07, 6.45) is 0.975. The lowest BCUT2D eigenvalue weighted by molar-refractivity contribution is 0.868. The van der Waals surface area contributed by atoms with E-state index in [0.717, 1.165) is 11.9 Å². The molecule has 0 saturated carbocycles. The van der Waals surface area contributed by atoms with E-state index in [1.807, 2.05) is 7.05 Å². The van der Waals surface area contributed by atoms with Gasteiger partial charge in [0, 0.05) is 23.8 Å². The van der Waals surface area contributed by atoms with Gasteiger partial charge in [-0.2, -0.15) is 0 Å². The molecule has 2 aromatic rings. The number of aromatic nitrogens is 1. The van der Waals surface area contributed by atoms with Crippen molar-refractivity contribution in [1.29, 1.82) is 0 Å². The van der Waals surface area contributed by atoms with Crippen molar-refractivity contribution in [3.05, 3.63) is 35.0 Å². The molecule has 0 amide bonds. The highest BCUT2D eigenvalue weighted by molar-refractivity contribution is 5.93. The average molecular weight is 242 g/mol. The van der Waals surface area contributed by atoms with E-state index in [4.69, 9.17) is 4.98 Å². The Morgan fingerprint density at radius 3 is 2.56 bits per heavy atom. The molecule has 0 aliphatic rings. The van der Waals surface area contributed by atoms with Crippen LogP contribution in [-0.4, -0.2) is 12.0 Å². The van der Waals surface area contributed by atoms with Crippen LogP contribution in [0, 0.1) is 6.92 Å². The van der Waals surface area contributed by atoms with E-state index in [0.29, 0.717) is 5.92 Å². The molecule has 0 spiro atoms. The van der Waals surface area contributed by atoms with Crippen LogP contribution < -0.4 is 5.32 Å². The van der Waals surface area contributed by atoms with Crippen LogP contribution in [0.3, 0.4) is 0 Å². The number of hydrogen-bond acceptors (Lipinski definition) is 2. The second-order valence-electron chi connectivity index (χ2n) is 5.09. The quantitative estimate of drug-likeness (QED) is 0.869. The van der Waals surface area contributed by atoms with Crippen molar-refractivity contribution < 1.29 is 0 Å². The van der Waals surface area contributed by atoms with E-state index in [1.54, 1.807) is 0 Å². The van der Waals surface area contributed by atoms with E-state index in [-0.39, 0.29) is 0 Å². The van der Waals surface area contributed by atoms with Crippen molar-refractivity contribution in [2.75, 3.05) is 12.4 Å².